The molecule has 1 fully saturated rings. The molecule has 1 saturated heterocycles. The average Bonchev–Trinajstić information content (AvgIpc) is 2.76. The maximum absolute atomic E-state index is 11.7. The van der Waals surface area contributed by atoms with Crippen molar-refractivity contribution in [2.75, 3.05) is 5.75 Å². The zero-order chi connectivity index (χ0) is 14.0. The van der Waals surface area contributed by atoms with Crippen molar-refractivity contribution >= 4 is 23.6 Å². The van der Waals surface area contributed by atoms with E-state index in [1.807, 2.05) is 32.5 Å². The van der Waals surface area contributed by atoms with E-state index < -0.39 is 0 Å². The summed E-state index contributed by atoms with van der Waals surface area (Å²) in [6.45, 7) is 6.01. The fourth-order valence-electron chi connectivity index (χ4n) is 2.57. The third-order valence-corrected chi connectivity index (χ3v) is 4.81. The Labute approximate surface area is 119 Å². The van der Waals surface area contributed by atoms with E-state index in [0.29, 0.717) is 29.7 Å². The first-order chi connectivity index (χ1) is 8.85. The van der Waals surface area contributed by atoms with E-state index in [1.165, 1.54) is 0 Å². The first-order valence-electron chi connectivity index (χ1n) is 6.87. The first-order valence-corrected chi connectivity index (χ1v) is 7.92. The number of fused-ring (bicyclic) bond motifs is 1. The van der Waals surface area contributed by atoms with Gasteiger partial charge >= 0.3 is 0 Å². The maximum atomic E-state index is 11.7. The van der Waals surface area contributed by atoms with Crippen molar-refractivity contribution in [3.8, 4) is 0 Å². The minimum absolute atomic E-state index is 0.139. The minimum atomic E-state index is -0.140. The summed E-state index contributed by atoms with van der Waals surface area (Å²) in [5.41, 5.74) is 5.56. The summed E-state index contributed by atoms with van der Waals surface area (Å²) in [6, 6.07) is 0.703. The third-order valence-electron chi connectivity index (χ3n) is 3.31. The smallest absolute Gasteiger partial charge is 0.220 e. The van der Waals surface area contributed by atoms with Gasteiger partial charge in [-0.1, -0.05) is 0 Å². The van der Waals surface area contributed by atoms with Crippen LogP contribution in [0.15, 0.2) is 4.99 Å². The molecule has 0 aromatic rings. The van der Waals surface area contributed by atoms with Crippen LogP contribution < -0.4 is 16.4 Å². The van der Waals surface area contributed by atoms with E-state index in [1.54, 1.807) is 0 Å². The van der Waals surface area contributed by atoms with E-state index in [0.717, 1.165) is 18.6 Å². The number of nitrogens with one attached hydrogen (secondary N) is 2. The van der Waals surface area contributed by atoms with Crippen molar-refractivity contribution in [3.05, 3.63) is 0 Å². The van der Waals surface area contributed by atoms with Crippen molar-refractivity contribution in [1.82, 2.24) is 10.6 Å². The lowest BCUT2D eigenvalue weighted by Gasteiger charge is -2.21. The normalized spacial score (nSPS) is 29.6. The number of nitrogens with zero attached hydrogens (tertiary/aromatic N) is 1. The molecular formula is C13H24N4OS. The van der Waals surface area contributed by atoms with Crippen LogP contribution in [0.2, 0.25) is 0 Å². The van der Waals surface area contributed by atoms with Crippen LogP contribution in [0.1, 0.15) is 40.0 Å². The highest BCUT2D eigenvalue weighted by atomic mass is 32.2. The van der Waals surface area contributed by atoms with Gasteiger partial charge in [0.2, 0.25) is 5.91 Å². The van der Waals surface area contributed by atoms with Crippen molar-refractivity contribution in [1.29, 1.82) is 0 Å². The lowest BCUT2D eigenvalue weighted by molar-refractivity contribution is -0.122. The number of carbonyl (C=O) groups excluding carboxylic acids is 1. The van der Waals surface area contributed by atoms with E-state index in [2.05, 4.69) is 15.6 Å². The SMILES string of the molecule is CC(C)(C)NC(=O)CCCC1SCC2NC(N)=NC21. The molecule has 2 aliphatic rings. The molecule has 1 amide bonds. The number of guanidine groups is 1. The Bertz CT molecular complexity index is 377. The van der Waals surface area contributed by atoms with Crippen molar-refractivity contribution < 1.29 is 4.79 Å². The molecule has 0 bridgehead atoms. The molecule has 0 aromatic heterocycles. The van der Waals surface area contributed by atoms with Crippen LogP contribution >= 0.6 is 11.8 Å². The average molecular weight is 284 g/mol. The van der Waals surface area contributed by atoms with Gasteiger partial charge in [0.05, 0.1) is 12.1 Å². The molecule has 3 unspecified atom stereocenters. The first kappa shape index (κ1) is 14.5. The fourth-order valence-corrected chi connectivity index (χ4v) is 4.09. The van der Waals surface area contributed by atoms with Crippen LogP contribution in [0.25, 0.3) is 0 Å². The Balaban J connectivity index is 1.71. The van der Waals surface area contributed by atoms with Crippen LogP contribution in [0, 0.1) is 0 Å². The molecule has 0 aromatic carbocycles. The predicted molar refractivity (Wildman–Crippen MR) is 80.3 cm³/mol. The Morgan fingerprint density at radius 3 is 3.00 bits per heavy atom. The summed E-state index contributed by atoms with van der Waals surface area (Å²) in [4.78, 5) is 16.2. The molecule has 2 rings (SSSR count). The van der Waals surface area contributed by atoms with Gasteiger partial charge in [-0.15, -0.1) is 0 Å². The molecule has 108 valence electrons. The lowest BCUT2D eigenvalue weighted by atomic mass is 10.0. The molecule has 2 aliphatic heterocycles. The highest BCUT2D eigenvalue weighted by Crippen LogP contribution is 2.34. The largest absolute Gasteiger partial charge is 0.370 e. The lowest BCUT2D eigenvalue weighted by Crippen LogP contribution is -2.40. The van der Waals surface area contributed by atoms with Crippen LogP contribution in [0.5, 0.6) is 0 Å². The van der Waals surface area contributed by atoms with E-state index in [4.69, 9.17) is 5.73 Å². The summed E-state index contributed by atoms with van der Waals surface area (Å²) >= 11 is 1.94. The summed E-state index contributed by atoms with van der Waals surface area (Å²) < 4.78 is 0. The van der Waals surface area contributed by atoms with E-state index in [9.17, 15) is 4.79 Å². The number of hydrogen-bond donors (Lipinski definition) is 3. The summed E-state index contributed by atoms with van der Waals surface area (Å²) in [6.07, 6.45) is 2.54. The number of carbonyl (C=O) groups is 1. The second-order valence-corrected chi connectivity index (χ2v) is 7.59. The highest BCUT2D eigenvalue weighted by molar-refractivity contribution is 8.00. The van der Waals surface area contributed by atoms with Gasteiger partial charge in [0.15, 0.2) is 5.96 Å². The second kappa shape index (κ2) is 5.61. The monoisotopic (exact) mass is 284 g/mol. The van der Waals surface area contributed by atoms with Crippen LogP contribution in [-0.4, -0.2) is 40.5 Å². The van der Waals surface area contributed by atoms with Gasteiger partial charge in [0, 0.05) is 23.0 Å². The molecule has 2 heterocycles. The van der Waals surface area contributed by atoms with Gasteiger partial charge in [-0.25, -0.2) is 4.99 Å². The number of rotatable bonds is 4. The van der Waals surface area contributed by atoms with Crippen molar-refractivity contribution in [2.45, 2.75) is 62.9 Å². The molecule has 0 radical (unpaired) electrons. The summed E-state index contributed by atoms with van der Waals surface area (Å²) in [7, 11) is 0. The molecule has 6 heteroatoms. The second-order valence-electron chi connectivity index (χ2n) is 6.32. The highest BCUT2D eigenvalue weighted by Gasteiger charge is 2.40. The van der Waals surface area contributed by atoms with E-state index in [-0.39, 0.29) is 11.4 Å². The molecule has 0 spiro atoms. The maximum Gasteiger partial charge on any atom is 0.220 e. The standard InChI is InChI=1S/C13H24N4OS/c1-13(2,3)17-10(18)6-4-5-9-11-8(7-19-9)15-12(14)16-11/h8-9,11H,4-7H2,1-3H3,(H,17,18)(H3,14,15,16). The fraction of sp³-hybridized carbons (Fsp3) is 0.846. The summed E-state index contributed by atoms with van der Waals surface area (Å²) in [5.74, 6) is 1.78. The van der Waals surface area contributed by atoms with Gasteiger partial charge in [0.25, 0.3) is 0 Å². The zero-order valence-corrected chi connectivity index (χ0v) is 12.7. The Morgan fingerprint density at radius 1 is 1.58 bits per heavy atom. The van der Waals surface area contributed by atoms with Gasteiger partial charge < -0.3 is 16.4 Å². The van der Waals surface area contributed by atoms with Gasteiger partial charge in [-0.2, -0.15) is 11.8 Å². The molecule has 0 aliphatic carbocycles. The Kier molecular flexibility index (Phi) is 4.28. The predicted octanol–water partition coefficient (Wildman–Crippen LogP) is 0.842. The van der Waals surface area contributed by atoms with Crippen LogP contribution in [-0.2, 0) is 4.79 Å². The quantitative estimate of drug-likeness (QED) is 0.715. The number of hydrogen-bond acceptors (Lipinski definition) is 5. The molecular weight excluding hydrogens is 260 g/mol. The molecule has 19 heavy (non-hydrogen) atoms. The zero-order valence-electron chi connectivity index (χ0n) is 11.9. The van der Waals surface area contributed by atoms with E-state index >= 15 is 0 Å². The number of thioether (sulfide) groups is 1. The molecule has 5 nitrogen and oxygen atoms in total. The van der Waals surface area contributed by atoms with Crippen LogP contribution in [0.4, 0.5) is 0 Å². The third kappa shape index (κ3) is 4.03. The van der Waals surface area contributed by atoms with Crippen LogP contribution in [0.3, 0.4) is 0 Å². The number of amides is 1. The topological polar surface area (TPSA) is 79.5 Å². The molecule has 0 saturated carbocycles. The number of aliphatic imine (C=N–C) groups is 1. The Hall–Kier alpha value is -0.910. The van der Waals surface area contributed by atoms with Crippen molar-refractivity contribution in [2.24, 2.45) is 10.7 Å². The van der Waals surface area contributed by atoms with Crippen molar-refractivity contribution in [3.63, 3.8) is 0 Å². The minimum Gasteiger partial charge on any atom is -0.370 e. The van der Waals surface area contributed by atoms with Gasteiger partial charge in [-0.05, 0) is 33.6 Å². The molecule has 4 N–H and O–H groups in total. The Morgan fingerprint density at radius 2 is 2.32 bits per heavy atom. The van der Waals surface area contributed by atoms with Gasteiger partial charge in [0.1, 0.15) is 0 Å². The van der Waals surface area contributed by atoms with Gasteiger partial charge in [-0.3, -0.25) is 4.79 Å². The molecule has 3 atom stereocenters. The summed E-state index contributed by atoms with van der Waals surface area (Å²) in [5, 5.41) is 6.70. The number of nitrogens with two attached hydrogens (primary N) is 1.